The van der Waals surface area contributed by atoms with Crippen LogP contribution in [0.3, 0.4) is 0 Å². The molecule has 7 heteroatoms. The Morgan fingerprint density at radius 3 is 2.30 bits per heavy atom. The molecule has 1 aliphatic heterocycles. The Hall–Kier alpha value is 0.320. The third-order valence-electron chi connectivity index (χ3n) is 3.56. The molecule has 0 saturated carbocycles. The van der Waals surface area contributed by atoms with E-state index in [1.54, 1.807) is 11.8 Å². The molecule has 1 saturated heterocycles. The van der Waals surface area contributed by atoms with Gasteiger partial charge in [-0.1, -0.05) is 13.8 Å². The van der Waals surface area contributed by atoms with Crippen molar-refractivity contribution in [1.29, 1.82) is 0 Å². The summed E-state index contributed by atoms with van der Waals surface area (Å²) in [5.41, 5.74) is 5.83. The van der Waals surface area contributed by atoms with Crippen molar-refractivity contribution in [2.45, 2.75) is 32.7 Å². The van der Waals surface area contributed by atoms with Crippen molar-refractivity contribution in [3.63, 3.8) is 0 Å². The van der Waals surface area contributed by atoms with Crippen LogP contribution in [0, 0.1) is 0 Å². The smallest absolute Gasteiger partial charge is 0.232 e. The number of rotatable bonds is 7. The van der Waals surface area contributed by atoms with Crippen molar-refractivity contribution < 1.29 is 4.79 Å². The molecule has 122 valence electrons. The number of hydrogen-bond donors (Lipinski definition) is 1. The summed E-state index contributed by atoms with van der Waals surface area (Å²) in [7, 11) is 0. The highest BCUT2D eigenvalue weighted by atomic mass is 35.5. The van der Waals surface area contributed by atoms with Crippen LogP contribution in [-0.4, -0.2) is 66.0 Å². The highest BCUT2D eigenvalue weighted by molar-refractivity contribution is 7.99. The molecule has 0 aliphatic carbocycles. The highest BCUT2D eigenvalue weighted by Gasteiger charge is 2.20. The third-order valence-corrected chi connectivity index (χ3v) is 4.49. The summed E-state index contributed by atoms with van der Waals surface area (Å²) in [6, 6.07) is 0.296. The van der Waals surface area contributed by atoms with Crippen LogP contribution in [-0.2, 0) is 4.79 Å². The minimum absolute atomic E-state index is 0. The number of halogens is 2. The number of nitrogens with two attached hydrogens (primary N) is 1. The summed E-state index contributed by atoms with van der Waals surface area (Å²) in [5.74, 6) is 1.95. The van der Waals surface area contributed by atoms with E-state index in [1.165, 1.54) is 0 Å². The van der Waals surface area contributed by atoms with E-state index in [4.69, 9.17) is 5.73 Å². The SMILES string of the molecule is CCN(CC)CCSCC(=O)N1CCC(N)CC1.Cl.Cl. The van der Waals surface area contributed by atoms with Gasteiger partial charge in [0.05, 0.1) is 5.75 Å². The molecule has 0 aromatic heterocycles. The number of carbonyl (C=O) groups is 1. The maximum absolute atomic E-state index is 11.9. The molecule has 0 atom stereocenters. The number of carbonyl (C=O) groups excluding carboxylic acids is 1. The van der Waals surface area contributed by atoms with Crippen LogP contribution in [0.1, 0.15) is 26.7 Å². The first-order chi connectivity index (χ1) is 8.67. The van der Waals surface area contributed by atoms with Crippen molar-refractivity contribution in [3.05, 3.63) is 0 Å². The molecule has 0 spiro atoms. The molecule has 1 fully saturated rings. The number of nitrogens with zero attached hydrogens (tertiary/aromatic N) is 2. The average molecular weight is 346 g/mol. The monoisotopic (exact) mass is 345 g/mol. The van der Waals surface area contributed by atoms with Crippen LogP contribution in [0.4, 0.5) is 0 Å². The number of thioether (sulfide) groups is 1. The van der Waals surface area contributed by atoms with Crippen molar-refractivity contribution in [3.8, 4) is 0 Å². The lowest BCUT2D eigenvalue weighted by Gasteiger charge is -2.30. The summed E-state index contributed by atoms with van der Waals surface area (Å²) in [5, 5.41) is 0. The summed E-state index contributed by atoms with van der Waals surface area (Å²) in [6.07, 6.45) is 1.91. The van der Waals surface area contributed by atoms with Gasteiger partial charge in [-0.2, -0.15) is 11.8 Å². The number of likely N-dealkylation sites (tertiary alicyclic amines) is 1. The predicted octanol–water partition coefficient (Wildman–Crippen LogP) is 1.85. The maximum atomic E-state index is 11.9. The van der Waals surface area contributed by atoms with Gasteiger partial charge in [0.1, 0.15) is 0 Å². The summed E-state index contributed by atoms with van der Waals surface area (Å²) in [4.78, 5) is 16.3. The largest absolute Gasteiger partial charge is 0.342 e. The first-order valence-electron chi connectivity index (χ1n) is 7.00. The second kappa shape index (κ2) is 13.0. The van der Waals surface area contributed by atoms with E-state index in [0.29, 0.717) is 11.8 Å². The lowest BCUT2D eigenvalue weighted by Crippen LogP contribution is -2.43. The molecule has 1 amide bonds. The Balaban J connectivity index is 0. The lowest BCUT2D eigenvalue weighted by atomic mass is 10.1. The van der Waals surface area contributed by atoms with Crippen molar-refractivity contribution in [2.75, 3.05) is 44.2 Å². The van der Waals surface area contributed by atoms with E-state index in [0.717, 1.165) is 51.3 Å². The van der Waals surface area contributed by atoms with Crippen LogP contribution in [0.5, 0.6) is 0 Å². The third kappa shape index (κ3) is 8.57. The molecule has 20 heavy (non-hydrogen) atoms. The summed E-state index contributed by atoms with van der Waals surface area (Å²) >= 11 is 1.75. The zero-order valence-corrected chi connectivity index (χ0v) is 15.0. The molecule has 4 nitrogen and oxygen atoms in total. The van der Waals surface area contributed by atoms with Gasteiger partial charge in [-0.05, 0) is 25.9 Å². The van der Waals surface area contributed by atoms with Crippen LogP contribution in [0.2, 0.25) is 0 Å². The van der Waals surface area contributed by atoms with Gasteiger partial charge in [-0.15, -0.1) is 24.8 Å². The molecule has 0 aromatic rings. The minimum atomic E-state index is 0. The molecular formula is C13H29Cl2N3OS. The van der Waals surface area contributed by atoms with Crippen LogP contribution in [0.25, 0.3) is 0 Å². The van der Waals surface area contributed by atoms with Crippen LogP contribution in [0.15, 0.2) is 0 Å². The average Bonchev–Trinajstić information content (AvgIpc) is 2.39. The van der Waals surface area contributed by atoms with Gasteiger partial charge in [0.2, 0.25) is 5.91 Å². The Labute approximate surface area is 140 Å². The van der Waals surface area contributed by atoms with Crippen molar-refractivity contribution >= 4 is 42.5 Å². The quantitative estimate of drug-likeness (QED) is 0.715. The first kappa shape index (κ1) is 22.6. The van der Waals surface area contributed by atoms with Gasteiger partial charge in [0, 0.05) is 31.4 Å². The van der Waals surface area contributed by atoms with E-state index < -0.39 is 0 Å². The second-order valence-electron chi connectivity index (χ2n) is 4.80. The van der Waals surface area contributed by atoms with E-state index in [9.17, 15) is 4.79 Å². The Kier molecular flexibility index (Phi) is 14.7. The zero-order chi connectivity index (χ0) is 13.4. The molecular weight excluding hydrogens is 317 g/mol. The second-order valence-corrected chi connectivity index (χ2v) is 5.90. The van der Waals surface area contributed by atoms with Gasteiger partial charge in [0.25, 0.3) is 0 Å². The van der Waals surface area contributed by atoms with Gasteiger partial charge < -0.3 is 15.5 Å². The molecule has 1 rings (SSSR count). The molecule has 0 unspecified atom stereocenters. The van der Waals surface area contributed by atoms with E-state index in [2.05, 4.69) is 18.7 Å². The first-order valence-corrected chi connectivity index (χ1v) is 8.16. The molecule has 0 radical (unpaired) electrons. The summed E-state index contributed by atoms with van der Waals surface area (Å²) in [6.45, 7) is 9.31. The predicted molar refractivity (Wildman–Crippen MR) is 93.4 cm³/mol. The highest BCUT2D eigenvalue weighted by Crippen LogP contribution is 2.11. The van der Waals surface area contributed by atoms with Crippen LogP contribution >= 0.6 is 36.6 Å². The van der Waals surface area contributed by atoms with Crippen LogP contribution < -0.4 is 5.73 Å². The fourth-order valence-corrected chi connectivity index (χ4v) is 3.02. The fraction of sp³-hybridized carbons (Fsp3) is 0.923. The zero-order valence-electron chi connectivity index (χ0n) is 12.5. The van der Waals surface area contributed by atoms with Gasteiger partial charge in [-0.3, -0.25) is 4.79 Å². The maximum Gasteiger partial charge on any atom is 0.232 e. The molecule has 1 heterocycles. The van der Waals surface area contributed by atoms with Gasteiger partial charge in [-0.25, -0.2) is 0 Å². The van der Waals surface area contributed by atoms with E-state index in [1.807, 2.05) is 4.90 Å². The number of hydrogen-bond acceptors (Lipinski definition) is 4. The fourth-order valence-electron chi connectivity index (χ4n) is 2.13. The molecule has 2 N–H and O–H groups in total. The normalized spacial score (nSPS) is 15.7. The lowest BCUT2D eigenvalue weighted by molar-refractivity contribution is -0.129. The Morgan fingerprint density at radius 2 is 1.80 bits per heavy atom. The van der Waals surface area contributed by atoms with Crippen molar-refractivity contribution in [2.24, 2.45) is 5.73 Å². The van der Waals surface area contributed by atoms with E-state index >= 15 is 0 Å². The topological polar surface area (TPSA) is 49.6 Å². The molecule has 0 bridgehead atoms. The molecule has 0 aromatic carbocycles. The van der Waals surface area contributed by atoms with Gasteiger partial charge in [0.15, 0.2) is 0 Å². The minimum Gasteiger partial charge on any atom is -0.342 e. The Bertz CT molecular complexity index is 248. The summed E-state index contributed by atoms with van der Waals surface area (Å²) < 4.78 is 0. The standard InChI is InChI=1S/C13H27N3OS.2ClH/c1-3-15(4-2)9-10-18-11-13(17)16-7-5-12(14)6-8-16;;/h12H,3-11,14H2,1-2H3;2*1H. The number of amides is 1. The Morgan fingerprint density at radius 1 is 1.25 bits per heavy atom. The number of piperidine rings is 1. The van der Waals surface area contributed by atoms with E-state index in [-0.39, 0.29) is 30.7 Å². The van der Waals surface area contributed by atoms with Gasteiger partial charge >= 0.3 is 0 Å². The van der Waals surface area contributed by atoms with Crippen molar-refractivity contribution in [1.82, 2.24) is 9.80 Å². The molecule has 1 aliphatic rings.